The fourth-order valence-corrected chi connectivity index (χ4v) is 9.06. The molecule has 0 N–H and O–H groups in total. The smallest absolute Gasteiger partial charge is 0.166 e. The number of hydrogen-bond acceptors (Lipinski definition) is 5. The molecule has 0 saturated heterocycles. The number of pyridine rings is 1. The first-order valence-corrected chi connectivity index (χ1v) is 19.5. The van der Waals surface area contributed by atoms with E-state index in [0.717, 1.165) is 44.8 Å². The van der Waals surface area contributed by atoms with Crippen molar-refractivity contribution in [2.45, 2.75) is 0 Å². The SMILES string of the molecule is c1ccc(-c2cnc(-c3ccc4c(c3)sc3ccc5c(c6ccccc6n5-c5ccccc5)c34)c(-c3nc(-c4ccccc4)nc(-c4ccccc4)n3)c2)cc1. The van der Waals surface area contributed by atoms with E-state index in [1.807, 2.05) is 84.3 Å². The van der Waals surface area contributed by atoms with Gasteiger partial charge in [0, 0.05) is 70.6 Å². The van der Waals surface area contributed by atoms with E-state index in [9.17, 15) is 0 Å². The molecule has 0 unspecified atom stereocenters. The lowest BCUT2D eigenvalue weighted by atomic mass is 9.98. The van der Waals surface area contributed by atoms with Crippen LogP contribution in [0.15, 0.2) is 188 Å². The van der Waals surface area contributed by atoms with Crippen molar-refractivity contribution < 1.29 is 0 Å². The van der Waals surface area contributed by atoms with E-state index in [1.54, 1.807) is 0 Å². The van der Waals surface area contributed by atoms with Crippen LogP contribution < -0.4 is 0 Å². The minimum atomic E-state index is 0.574. The van der Waals surface area contributed by atoms with Gasteiger partial charge >= 0.3 is 0 Å². The summed E-state index contributed by atoms with van der Waals surface area (Å²) in [5, 5.41) is 5.04. The van der Waals surface area contributed by atoms with Crippen molar-refractivity contribution in [3.63, 3.8) is 0 Å². The summed E-state index contributed by atoms with van der Waals surface area (Å²) in [6.45, 7) is 0. The first-order chi connectivity index (χ1) is 27.8. The fourth-order valence-electron chi connectivity index (χ4n) is 7.91. The molecule has 262 valence electrons. The van der Waals surface area contributed by atoms with Crippen LogP contribution in [-0.2, 0) is 0 Å². The number of rotatable bonds is 6. The van der Waals surface area contributed by atoms with Crippen LogP contribution in [0.3, 0.4) is 0 Å². The largest absolute Gasteiger partial charge is 0.309 e. The first-order valence-electron chi connectivity index (χ1n) is 18.6. The van der Waals surface area contributed by atoms with Crippen molar-refractivity contribution in [3.05, 3.63) is 188 Å². The summed E-state index contributed by atoms with van der Waals surface area (Å²) in [7, 11) is 0. The number of benzene rings is 7. The first kappa shape index (κ1) is 32.2. The second kappa shape index (κ2) is 13.2. The van der Waals surface area contributed by atoms with Crippen LogP contribution in [0.4, 0.5) is 0 Å². The van der Waals surface area contributed by atoms with Gasteiger partial charge < -0.3 is 4.57 Å². The molecule has 0 radical (unpaired) electrons. The zero-order valence-corrected chi connectivity index (χ0v) is 30.9. The van der Waals surface area contributed by atoms with Crippen LogP contribution in [0.25, 0.3) is 104 Å². The van der Waals surface area contributed by atoms with Crippen molar-refractivity contribution in [1.82, 2.24) is 24.5 Å². The molecule has 6 heteroatoms. The van der Waals surface area contributed by atoms with E-state index in [4.69, 9.17) is 19.9 Å². The second-order valence-electron chi connectivity index (χ2n) is 13.9. The number of aromatic nitrogens is 5. The molecular formula is C50H31N5S. The summed E-state index contributed by atoms with van der Waals surface area (Å²) in [6, 6.07) is 63.4. The Morgan fingerprint density at radius 2 is 1.00 bits per heavy atom. The molecule has 0 aliphatic rings. The van der Waals surface area contributed by atoms with E-state index in [0.29, 0.717) is 17.5 Å². The molecule has 0 bridgehead atoms. The number of hydrogen-bond donors (Lipinski definition) is 0. The summed E-state index contributed by atoms with van der Waals surface area (Å²) in [5.74, 6) is 1.80. The lowest BCUT2D eigenvalue weighted by Gasteiger charge is -2.13. The average molecular weight is 734 g/mol. The van der Waals surface area contributed by atoms with Crippen molar-refractivity contribution in [1.29, 1.82) is 0 Å². The van der Waals surface area contributed by atoms with Gasteiger partial charge in [0.1, 0.15) is 0 Å². The Morgan fingerprint density at radius 1 is 0.393 bits per heavy atom. The Bertz CT molecular complexity index is 3170. The molecule has 5 nitrogen and oxygen atoms in total. The van der Waals surface area contributed by atoms with Gasteiger partial charge in [0.2, 0.25) is 0 Å². The minimum absolute atomic E-state index is 0.574. The van der Waals surface area contributed by atoms with Gasteiger partial charge in [-0.3, -0.25) is 4.98 Å². The van der Waals surface area contributed by atoms with Crippen molar-refractivity contribution in [3.8, 4) is 62.2 Å². The number of nitrogens with zero attached hydrogens (tertiary/aromatic N) is 5. The van der Waals surface area contributed by atoms with Gasteiger partial charge in [-0.15, -0.1) is 11.3 Å². The maximum absolute atomic E-state index is 5.20. The minimum Gasteiger partial charge on any atom is -0.309 e. The maximum Gasteiger partial charge on any atom is 0.166 e. The summed E-state index contributed by atoms with van der Waals surface area (Å²) in [5.41, 5.74) is 10.1. The molecule has 11 rings (SSSR count). The summed E-state index contributed by atoms with van der Waals surface area (Å²) < 4.78 is 4.84. The Hall–Kier alpha value is -7.28. The summed E-state index contributed by atoms with van der Waals surface area (Å²) >= 11 is 1.82. The number of fused-ring (bicyclic) bond motifs is 7. The van der Waals surface area contributed by atoms with Crippen LogP contribution in [0.1, 0.15) is 0 Å². The zero-order valence-electron chi connectivity index (χ0n) is 30.0. The molecular weight excluding hydrogens is 703 g/mol. The molecule has 0 aliphatic carbocycles. The Labute approximate surface area is 326 Å². The highest BCUT2D eigenvalue weighted by atomic mass is 32.1. The van der Waals surface area contributed by atoms with Gasteiger partial charge in [-0.2, -0.15) is 0 Å². The normalized spacial score (nSPS) is 11.6. The topological polar surface area (TPSA) is 56.5 Å². The molecule has 4 heterocycles. The van der Waals surface area contributed by atoms with E-state index in [-0.39, 0.29) is 0 Å². The van der Waals surface area contributed by atoms with Gasteiger partial charge in [-0.1, -0.05) is 140 Å². The molecule has 0 fully saturated rings. The Morgan fingerprint density at radius 3 is 1.70 bits per heavy atom. The van der Waals surface area contributed by atoms with Crippen molar-refractivity contribution in [2.24, 2.45) is 0 Å². The molecule has 0 atom stereocenters. The summed E-state index contributed by atoms with van der Waals surface area (Å²) in [4.78, 5) is 20.5. The molecule has 0 aliphatic heterocycles. The average Bonchev–Trinajstić information content (AvgIpc) is 3.82. The van der Waals surface area contributed by atoms with E-state index in [1.165, 1.54) is 42.0 Å². The number of thiophene rings is 1. The van der Waals surface area contributed by atoms with Crippen LogP contribution in [-0.4, -0.2) is 24.5 Å². The number of para-hydroxylation sites is 2. The van der Waals surface area contributed by atoms with Crippen LogP contribution in [0.5, 0.6) is 0 Å². The van der Waals surface area contributed by atoms with E-state index >= 15 is 0 Å². The molecule has 56 heavy (non-hydrogen) atoms. The molecule has 0 saturated carbocycles. The maximum atomic E-state index is 5.20. The molecule has 7 aromatic carbocycles. The third-order valence-electron chi connectivity index (χ3n) is 10.5. The van der Waals surface area contributed by atoms with Gasteiger partial charge in [0.25, 0.3) is 0 Å². The lowest BCUT2D eigenvalue weighted by Crippen LogP contribution is -2.02. The second-order valence-corrected chi connectivity index (χ2v) is 14.9. The van der Waals surface area contributed by atoms with Gasteiger partial charge in [0.05, 0.1) is 16.7 Å². The van der Waals surface area contributed by atoms with Crippen LogP contribution in [0, 0.1) is 0 Å². The van der Waals surface area contributed by atoms with Crippen molar-refractivity contribution in [2.75, 3.05) is 0 Å². The Balaban J connectivity index is 1.14. The van der Waals surface area contributed by atoms with E-state index < -0.39 is 0 Å². The fraction of sp³-hybridized carbons (Fsp3) is 0. The van der Waals surface area contributed by atoms with E-state index in [2.05, 4.69) is 120 Å². The molecule has 4 aromatic heterocycles. The zero-order chi connectivity index (χ0) is 37.0. The predicted molar refractivity (Wildman–Crippen MR) is 232 cm³/mol. The quantitative estimate of drug-likeness (QED) is 0.171. The highest BCUT2D eigenvalue weighted by molar-refractivity contribution is 7.26. The highest BCUT2D eigenvalue weighted by Gasteiger charge is 2.21. The lowest BCUT2D eigenvalue weighted by molar-refractivity contribution is 1.07. The predicted octanol–water partition coefficient (Wildman–Crippen LogP) is 13.1. The Kier molecular flexibility index (Phi) is 7.60. The standard InChI is InChI=1S/C50H31N5S/c1-5-15-32(16-6-1)36-29-40(50-53-48(33-17-7-2-8-18-33)52-49(54-50)34-19-9-3-10-20-34)47(51-31-36)35-25-26-39-44(30-35)56-43-28-27-42-45(46(39)43)38-23-13-14-24-41(38)55(42)37-21-11-4-12-22-37/h1-31H. The van der Waals surface area contributed by atoms with Crippen LogP contribution in [0.2, 0.25) is 0 Å². The van der Waals surface area contributed by atoms with Crippen molar-refractivity contribution >= 4 is 53.3 Å². The highest BCUT2D eigenvalue weighted by Crippen LogP contribution is 2.45. The van der Waals surface area contributed by atoms with Gasteiger partial charge in [0.15, 0.2) is 17.5 Å². The third-order valence-corrected chi connectivity index (χ3v) is 11.6. The molecule has 0 spiro atoms. The van der Waals surface area contributed by atoms with Gasteiger partial charge in [-0.25, -0.2) is 15.0 Å². The molecule has 11 aromatic rings. The van der Waals surface area contributed by atoms with Gasteiger partial charge in [-0.05, 0) is 48.0 Å². The summed E-state index contributed by atoms with van der Waals surface area (Å²) in [6.07, 6.45) is 1.96. The molecule has 0 amide bonds. The van der Waals surface area contributed by atoms with Crippen LogP contribution >= 0.6 is 11.3 Å². The third kappa shape index (κ3) is 5.38. The monoisotopic (exact) mass is 733 g/mol.